The molecule has 5 heteroatoms. The number of halogens is 2. The van der Waals surface area contributed by atoms with E-state index in [0.717, 1.165) is 0 Å². The summed E-state index contributed by atoms with van der Waals surface area (Å²) in [4.78, 5) is 9.87. The first kappa shape index (κ1) is 8.28. The maximum atomic E-state index is 9.87. The Balaban J connectivity index is 4.54. The Bertz CT molecular complexity index is 203. The normalized spacial score (nSPS) is 11.7. The maximum Gasteiger partial charge on any atom is 0.349 e. The van der Waals surface area contributed by atoms with Gasteiger partial charge in [-0.05, 0) is 0 Å². The molecule has 0 radical (unpaired) electrons. The first-order valence-corrected chi connectivity index (χ1v) is 2.54. The molecule has 0 atom stereocenters. The van der Waals surface area contributed by atoms with Gasteiger partial charge >= 0.3 is 5.97 Å². The molecule has 0 saturated heterocycles. The van der Waals surface area contributed by atoms with E-state index in [1.807, 2.05) is 0 Å². The number of carbonyl (C=O) groups is 1. The van der Waals surface area contributed by atoms with Crippen molar-refractivity contribution in [2.45, 2.75) is 0 Å². The Morgan fingerprint density at radius 1 is 1.56 bits per heavy atom. The number of carboxylic acid groups (broad SMARTS) is 1. The van der Waals surface area contributed by atoms with Crippen LogP contribution in [0, 0.1) is 11.3 Å². The van der Waals surface area contributed by atoms with Crippen LogP contribution in [0.4, 0.5) is 0 Å². The first-order valence-electron chi connectivity index (χ1n) is 1.78. The monoisotopic (exact) mass is 165 g/mol. The molecule has 0 aromatic heterocycles. The largest absolute Gasteiger partial charge is 0.477 e. The highest BCUT2D eigenvalue weighted by Gasteiger charge is 2.07. The molecule has 0 heterocycles. The second kappa shape index (κ2) is 3.33. The van der Waals surface area contributed by atoms with Gasteiger partial charge in [0.1, 0.15) is 11.1 Å². The second-order valence-electron chi connectivity index (χ2n) is 1.04. The maximum absolute atomic E-state index is 9.87. The van der Waals surface area contributed by atoms with Crippen LogP contribution >= 0.6 is 23.2 Å². The van der Waals surface area contributed by atoms with Crippen LogP contribution in [0.5, 0.6) is 0 Å². The molecule has 0 unspecified atom stereocenters. The van der Waals surface area contributed by atoms with Gasteiger partial charge in [0, 0.05) is 0 Å². The van der Waals surface area contributed by atoms with Crippen LogP contribution in [0.3, 0.4) is 0 Å². The SMILES string of the molecule is N#C/C(Cl)=C(/Cl)C(=O)O. The van der Waals surface area contributed by atoms with Gasteiger partial charge in [-0.25, -0.2) is 4.79 Å². The van der Waals surface area contributed by atoms with Crippen molar-refractivity contribution in [2.75, 3.05) is 0 Å². The predicted octanol–water partition coefficient (Wildman–Crippen LogP) is 1.28. The fourth-order valence-electron chi connectivity index (χ4n) is 0.143. The molecular formula is C4HCl2NO2. The molecule has 1 N–H and O–H groups in total. The Morgan fingerprint density at radius 2 is 2.00 bits per heavy atom. The Morgan fingerprint density at radius 3 is 2.11 bits per heavy atom. The topological polar surface area (TPSA) is 61.1 Å². The number of carboxylic acids is 1. The fourth-order valence-corrected chi connectivity index (χ4v) is 0.266. The van der Waals surface area contributed by atoms with Crippen LogP contribution in [0.1, 0.15) is 0 Å². The summed E-state index contributed by atoms with van der Waals surface area (Å²) in [5.74, 6) is -1.40. The van der Waals surface area contributed by atoms with Crippen LogP contribution < -0.4 is 0 Å². The number of aliphatic carboxylic acids is 1. The highest BCUT2D eigenvalue weighted by Crippen LogP contribution is 2.11. The molecule has 0 saturated carbocycles. The second-order valence-corrected chi connectivity index (χ2v) is 1.80. The standard InChI is InChI=1S/C4HCl2NO2/c5-2(1-7)3(6)4(8)9/h(H,8,9)/b3-2-. The minimum absolute atomic E-state index is 0.510. The lowest BCUT2D eigenvalue weighted by Gasteiger charge is -1.85. The summed E-state index contributed by atoms with van der Waals surface area (Å²) < 4.78 is 0. The minimum atomic E-state index is -1.40. The summed E-state index contributed by atoms with van der Waals surface area (Å²) in [6.07, 6.45) is 0. The number of rotatable bonds is 1. The molecule has 0 amide bonds. The van der Waals surface area contributed by atoms with Crippen molar-refractivity contribution in [2.24, 2.45) is 0 Å². The van der Waals surface area contributed by atoms with E-state index in [1.165, 1.54) is 6.07 Å². The van der Waals surface area contributed by atoms with Gasteiger partial charge in [-0.3, -0.25) is 0 Å². The Kier molecular flexibility index (Phi) is 3.07. The summed E-state index contributed by atoms with van der Waals surface area (Å²) in [6, 6.07) is 1.38. The number of nitriles is 1. The smallest absolute Gasteiger partial charge is 0.349 e. The average Bonchev–Trinajstić information content (AvgIpc) is 1.84. The zero-order valence-corrected chi connectivity index (χ0v) is 5.57. The van der Waals surface area contributed by atoms with Gasteiger partial charge in [-0.1, -0.05) is 23.2 Å². The molecule has 0 aromatic carbocycles. The van der Waals surface area contributed by atoms with E-state index in [9.17, 15) is 4.79 Å². The van der Waals surface area contributed by atoms with E-state index < -0.39 is 16.0 Å². The molecule has 3 nitrogen and oxygen atoms in total. The zero-order chi connectivity index (χ0) is 7.44. The fraction of sp³-hybridized carbons (Fsp3) is 0. The molecule has 0 fully saturated rings. The first-order chi connectivity index (χ1) is 4.09. The molecule has 0 aliphatic carbocycles. The molecule has 0 bridgehead atoms. The Hall–Kier alpha value is -0.720. The van der Waals surface area contributed by atoms with Crippen molar-refractivity contribution in [1.29, 1.82) is 5.26 Å². The van der Waals surface area contributed by atoms with Crippen LogP contribution in [0.15, 0.2) is 10.1 Å². The lowest BCUT2D eigenvalue weighted by atomic mass is 10.5. The van der Waals surface area contributed by atoms with Gasteiger partial charge in [0.15, 0.2) is 5.03 Å². The van der Waals surface area contributed by atoms with Crippen molar-refractivity contribution in [3.8, 4) is 6.07 Å². The van der Waals surface area contributed by atoms with Crippen molar-refractivity contribution < 1.29 is 9.90 Å². The molecule has 0 rings (SSSR count). The zero-order valence-electron chi connectivity index (χ0n) is 4.06. The van der Waals surface area contributed by atoms with Gasteiger partial charge in [0.25, 0.3) is 0 Å². The minimum Gasteiger partial charge on any atom is -0.477 e. The van der Waals surface area contributed by atoms with Crippen molar-refractivity contribution in [3.05, 3.63) is 10.1 Å². The third-order valence-corrected chi connectivity index (χ3v) is 1.20. The van der Waals surface area contributed by atoms with Crippen LogP contribution in [-0.4, -0.2) is 11.1 Å². The van der Waals surface area contributed by atoms with Gasteiger partial charge in [-0.15, -0.1) is 0 Å². The van der Waals surface area contributed by atoms with E-state index in [0.29, 0.717) is 0 Å². The number of allylic oxidation sites excluding steroid dienone is 1. The summed E-state index contributed by atoms with van der Waals surface area (Å²) >= 11 is 10.0. The molecule has 0 aromatic rings. The number of nitrogens with zero attached hydrogens (tertiary/aromatic N) is 1. The summed E-state index contributed by atoms with van der Waals surface area (Å²) in [5.41, 5.74) is 0. The van der Waals surface area contributed by atoms with Crippen molar-refractivity contribution >= 4 is 29.2 Å². The highest BCUT2D eigenvalue weighted by molar-refractivity contribution is 6.48. The van der Waals surface area contributed by atoms with Gasteiger partial charge < -0.3 is 5.11 Å². The molecule has 0 aliphatic rings. The molecule has 9 heavy (non-hydrogen) atoms. The van der Waals surface area contributed by atoms with E-state index in [-0.39, 0.29) is 0 Å². The summed E-state index contributed by atoms with van der Waals surface area (Å²) in [6.45, 7) is 0. The lowest BCUT2D eigenvalue weighted by molar-refractivity contribution is -0.131. The van der Waals surface area contributed by atoms with E-state index in [1.54, 1.807) is 0 Å². The summed E-state index contributed by atoms with van der Waals surface area (Å²) in [5, 5.41) is 14.9. The van der Waals surface area contributed by atoms with Gasteiger partial charge in [0.05, 0.1) is 0 Å². The quantitative estimate of drug-likeness (QED) is 0.471. The Labute approximate surface area is 61.1 Å². The highest BCUT2D eigenvalue weighted by atomic mass is 35.5. The van der Waals surface area contributed by atoms with Crippen LogP contribution in [-0.2, 0) is 4.79 Å². The van der Waals surface area contributed by atoms with Crippen molar-refractivity contribution in [3.63, 3.8) is 0 Å². The van der Waals surface area contributed by atoms with E-state index in [4.69, 9.17) is 33.6 Å². The third kappa shape index (κ3) is 2.36. The van der Waals surface area contributed by atoms with E-state index >= 15 is 0 Å². The van der Waals surface area contributed by atoms with Crippen LogP contribution in [0.25, 0.3) is 0 Å². The van der Waals surface area contributed by atoms with Crippen molar-refractivity contribution in [1.82, 2.24) is 0 Å². The molecular weight excluding hydrogens is 165 g/mol. The molecule has 0 spiro atoms. The average molecular weight is 166 g/mol. The van der Waals surface area contributed by atoms with Crippen LogP contribution in [0.2, 0.25) is 0 Å². The van der Waals surface area contributed by atoms with Gasteiger partial charge in [0.2, 0.25) is 0 Å². The third-order valence-electron chi connectivity index (χ3n) is 0.479. The lowest BCUT2D eigenvalue weighted by Crippen LogP contribution is -1.94. The predicted molar refractivity (Wildman–Crippen MR) is 32.0 cm³/mol. The molecule has 0 aliphatic heterocycles. The number of hydrogen-bond acceptors (Lipinski definition) is 2. The molecule has 48 valence electrons. The van der Waals surface area contributed by atoms with Gasteiger partial charge in [-0.2, -0.15) is 5.26 Å². The number of hydrogen-bond donors (Lipinski definition) is 1. The summed E-state index contributed by atoms with van der Waals surface area (Å²) in [7, 11) is 0. The van der Waals surface area contributed by atoms with E-state index in [2.05, 4.69) is 0 Å².